The van der Waals surface area contributed by atoms with Crippen molar-refractivity contribution in [1.82, 2.24) is 5.32 Å². The van der Waals surface area contributed by atoms with Crippen LogP contribution in [0.4, 0.5) is 11.4 Å². The number of fused-ring (bicyclic) bond motifs is 2. The number of hydrogen-bond donors (Lipinski definition) is 1. The number of rotatable bonds is 3. The molecule has 1 N–H and O–H groups in total. The Morgan fingerprint density at radius 1 is 0.933 bits per heavy atom. The summed E-state index contributed by atoms with van der Waals surface area (Å²) in [5, 5.41) is 3.38. The monoisotopic (exact) mass is 399 g/mol. The summed E-state index contributed by atoms with van der Waals surface area (Å²) >= 11 is 0. The van der Waals surface area contributed by atoms with Crippen molar-refractivity contribution in [1.29, 1.82) is 0 Å². The lowest BCUT2D eigenvalue weighted by molar-refractivity contribution is 0.0985. The van der Waals surface area contributed by atoms with Crippen LogP contribution in [-0.4, -0.2) is 32.1 Å². The molecule has 0 spiro atoms. The number of benzene rings is 3. The van der Waals surface area contributed by atoms with Gasteiger partial charge in [0, 0.05) is 26.2 Å². The summed E-state index contributed by atoms with van der Waals surface area (Å²) in [6, 6.07) is 22.0. The van der Waals surface area contributed by atoms with Crippen LogP contribution in [0.5, 0.6) is 11.5 Å². The number of carbonyl (C=O) groups excluding carboxylic acids is 1. The number of amides is 1. The molecule has 1 fully saturated rings. The van der Waals surface area contributed by atoms with Crippen LogP contribution in [0, 0.1) is 6.92 Å². The zero-order valence-corrected chi connectivity index (χ0v) is 17.1. The molecule has 0 bridgehead atoms. The second-order valence-corrected chi connectivity index (χ2v) is 7.84. The summed E-state index contributed by atoms with van der Waals surface area (Å²) < 4.78 is 6.42. The van der Waals surface area contributed by atoms with E-state index in [1.54, 1.807) is 0 Å². The maximum atomic E-state index is 13.7. The van der Waals surface area contributed by atoms with Crippen molar-refractivity contribution in [2.45, 2.75) is 13.5 Å². The SMILES string of the molecule is Cc1cccc(CN2C(=O)c3cccc(N4CCNCC4)c3Oc3ccccc32)c1. The fourth-order valence-corrected chi connectivity index (χ4v) is 4.24. The van der Waals surface area contributed by atoms with Gasteiger partial charge >= 0.3 is 0 Å². The number of para-hydroxylation sites is 3. The Labute approximate surface area is 176 Å². The van der Waals surface area contributed by atoms with E-state index in [0.29, 0.717) is 23.6 Å². The number of hydrogen-bond acceptors (Lipinski definition) is 4. The minimum absolute atomic E-state index is 0.0339. The number of piperazine rings is 1. The van der Waals surface area contributed by atoms with Crippen molar-refractivity contribution >= 4 is 17.3 Å². The summed E-state index contributed by atoms with van der Waals surface area (Å²) in [6.45, 7) is 6.20. The maximum absolute atomic E-state index is 13.7. The molecule has 30 heavy (non-hydrogen) atoms. The third-order valence-electron chi connectivity index (χ3n) is 5.72. The molecule has 2 aliphatic rings. The first-order valence-electron chi connectivity index (χ1n) is 10.4. The third kappa shape index (κ3) is 3.42. The van der Waals surface area contributed by atoms with E-state index in [1.165, 1.54) is 5.56 Å². The smallest absolute Gasteiger partial charge is 0.262 e. The number of anilines is 2. The first kappa shape index (κ1) is 18.7. The molecule has 0 radical (unpaired) electrons. The molecule has 1 saturated heterocycles. The molecule has 152 valence electrons. The largest absolute Gasteiger partial charge is 0.452 e. The van der Waals surface area contributed by atoms with E-state index in [2.05, 4.69) is 41.4 Å². The van der Waals surface area contributed by atoms with Crippen molar-refractivity contribution in [3.05, 3.63) is 83.4 Å². The molecular formula is C25H25N3O2. The Morgan fingerprint density at radius 3 is 2.53 bits per heavy atom. The van der Waals surface area contributed by atoms with Crippen LogP contribution in [-0.2, 0) is 6.54 Å². The molecule has 3 aromatic rings. The van der Waals surface area contributed by atoms with Crippen molar-refractivity contribution in [2.75, 3.05) is 36.0 Å². The van der Waals surface area contributed by atoms with Crippen molar-refractivity contribution in [2.24, 2.45) is 0 Å². The molecule has 0 saturated carbocycles. The zero-order chi connectivity index (χ0) is 20.5. The van der Waals surface area contributed by atoms with E-state index in [1.807, 2.05) is 47.4 Å². The normalized spacial score (nSPS) is 15.8. The lowest BCUT2D eigenvalue weighted by Gasteiger charge is -2.31. The molecular weight excluding hydrogens is 374 g/mol. The van der Waals surface area contributed by atoms with Crippen molar-refractivity contribution < 1.29 is 9.53 Å². The van der Waals surface area contributed by atoms with Crippen LogP contribution >= 0.6 is 0 Å². The number of carbonyl (C=O) groups is 1. The molecule has 3 aromatic carbocycles. The second-order valence-electron chi connectivity index (χ2n) is 7.84. The standard InChI is InChI=1S/C25H25N3O2/c1-18-6-4-7-19(16-18)17-28-21-9-2-3-11-23(21)30-24-20(25(28)29)8-5-10-22(24)27-14-12-26-13-15-27/h2-11,16,26H,12-15,17H2,1H3. The Bertz CT molecular complexity index is 1090. The van der Waals surface area contributed by atoms with Crippen molar-refractivity contribution in [3.8, 4) is 11.5 Å². The number of nitrogens with zero attached hydrogens (tertiary/aromatic N) is 2. The molecule has 5 rings (SSSR count). The molecule has 2 heterocycles. The van der Waals surface area contributed by atoms with Gasteiger partial charge in [-0.3, -0.25) is 4.79 Å². The Morgan fingerprint density at radius 2 is 1.70 bits per heavy atom. The summed E-state index contributed by atoms with van der Waals surface area (Å²) in [6.07, 6.45) is 0. The number of ether oxygens (including phenoxy) is 1. The average molecular weight is 399 g/mol. The van der Waals surface area contributed by atoms with Crippen LogP contribution < -0.4 is 19.9 Å². The Kier molecular flexibility index (Phi) is 4.89. The number of aryl methyl sites for hydroxylation is 1. The fraction of sp³-hybridized carbons (Fsp3) is 0.240. The number of nitrogens with one attached hydrogen (secondary N) is 1. The summed E-state index contributed by atoms with van der Waals surface area (Å²) in [4.78, 5) is 17.9. The second kappa shape index (κ2) is 7.84. The summed E-state index contributed by atoms with van der Waals surface area (Å²) in [5.41, 5.74) is 4.66. The summed E-state index contributed by atoms with van der Waals surface area (Å²) in [5.74, 6) is 1.33. The van der Waals surface area contributed by atoms with Gasteiger partial charge in [-0.2, -0.15) is 0 Å². The molecule has 5 nitrogen and oxygen atoms in total. The van der Waals surface area contributed by atoms with Gasteiger partial charge < -0.3 is 19.9 Å². The van der Waals surface area contributed by atoms with E-state index in [4.69, 9.17) is 4.74 Å². The minimum atomic E-state index is -0.0339. The highest BCUT2D eigenvalue weighted by Gasteiger charge is 2.31. The van der Waals surface area contributed by atoms with Gasteiger partial charge in [-0.15, -0.1) is 0 Å². The van der Waals surface area contributed by atoms with Crippen LogP contribution in [0.25, 0.3) is 0 Å². The van der Waals surface area contributed by atoms with Gasteiger partial charge in [0.05, 0.1) is 23.5 Å². The van der Waals surface area contributed by atoms with Crippen LogP contribution in [0.3, 0.4) is 0 Å². The first-order chi connectivity index (χ1) is 14.7. The molecule has 0 unspecified atom stereocenters. The molecule has 2 aliphatic heterocycles. The lowest BCUT2D eigenvalue weighted by Crippen LogP contribution is -2.43. The summed E-state index contributed by atoms with van der Waals surface area (Å²) in [7, 11) is 0. The van der Waals surface area contributed by atoms with Gasteiger partial charge in [-0.05, 0) is 36.8 Å². The molecule has 0 aromatic heterocycles. The van der Waals surface area contributed by atoms with Gasteiger partial charge in [-0.25, -0.2) is 0 Å². The first-order valence-corrected chi connectivity index (χ1v) is 10.4. The van der Waals surface area contributed by atoms with E-state index in [9.17, 15) is 4.79 Å². The maximum Gasteiger partial charge on any atom is 0.262 e. The van der Waals surface area contributed by atoms with E-state index in [-0.39, 0.29) is 5.91 Å². The Balaban J connectivity index is 1.61. The predicted octanol–water partition coefficient (Wildman–Crippen LogP) is 4.36. The van der Waals surface area contributed by atoms with Crippen LogP contribution in [0.1, 0.15) is 21.5 Å². The van der Waals surface area contributed by atoms with Gasteiger partial charge in [0.2, 0.25) is 0 Å². The van der Waals surface area contributed by atoms with E-state index in [0.717, 1.165) is 43.1 Å². The highest BCUT2D eigenvalue weighted by Crippen LogP contribution is 2.44. The van der Waals surface area contributed by atoms with Crippen LogP contribution in [0.15, 0.2) is 66.7 Å². The average Bonchev–Trinajstić information content (AvgIpc) is 2.89. The molecule has 5 heteroatoms. The van der Waals surface area contributed by atoms with E-state index >= 15 is 0 Å². The predicted molar refractivity (Wildman–Crippen MR) is 120 cm³/mol. The zero-order valence-electron chi connectivity index (χ0n) is 17.1. The van der Waals surface area contributed by atoms with Gasteiger partial charge in [0.1, 0.15) is 0 Å². The van der Waals surface area contributed by atoms with E-state index < -0.39 is 0 Å². The van der Waals surface area contributed by atoms with Gasteiger partial charge in [0.25, 0.3) is 5.91 Å². The minimum Gasteiger partial charge on any atom is -0.452 e. The highest BCUT2D eigenvalue weighted by molar-refractivity contribution is 6.10. The van der Waals surface area contributed by atoms with Gasteiger partial charge in [0.15, 0.2) is 11.5 Å². The quantitative estimate of drug-likeness (QED) is 0.711. The topological polar surface area (TPSA) is 44.8 Å². The van der Waals surface area contributed by atoms with Crippen molar-refractivity contribution in [3.63, 3.8) is 0 Å². The van der Waals surface area contributed by atoms with Crippen LogP contribution in [0.2, 0.25) is 0 Å². The molecule has 1 amide bonds. The highest BCUT2D eigenvalue weighted by atomic mass is 16.5. The molecule has 0 atom stereocenters. The Hall–Kier alpha value is -3.31. The lowest BCUT2D eigenvalue weighted by atomic mass is 10.1. The fourth-order valence-electron chi connectivity index (χ4n) is 4.24. The third-order valence-corrected chi connectivity index (χ3v) is 5.72. The van der Waals surface area contributed by atoms with Gasteiger partial charge in [-0.1, -0.05) is 48.0 Å². The molecule has 0 aliphatic carbocycles.